The third-order valence-corrected chi connectivity index (χ3v) is 2.65. The lowest BCUT2D eigenvalue weighted by molar-refractivity contribution is 0.00267. The highest BCUT2D eigenvalue weighted by molar-refractivity contribution is 4.85. The van der Waals surface area contributed by atoms with Crippen LogP contribution in [-0.2, 0) is 0 Å². The van der Waals surface area contributed by atoms with Crippen molar-refractivity contribution in [1.29, 1.82) is 0 Å². The molecular weight excluding hydrogens is 146 g/mol. The van der Waals surface area contributed by atoms with Gasteiger partial charge in [0, 0.05) is 12.8 Å². The van der Waals surface area contributed by atoms with Crippen LogP contribution in [0.1, 0.15) is 39.5 Å². The van der Waals surface area contributed by atoms with Crippen LogP contribution in [0.4, 0.5) is 8.78 Å². The van der Waals surface area contributed by atoms with E-state index < -0.39 is 5.92 Å². The van der Waals surface area contributed by atoms with Gasteiger partial charge in [-0.25, -0.2) is 8.78 Å². The lowest BCUT2D eigenvalue weighted by Crippen LogP contribution is -2.09. The van der Waals surface area contributed by atoms with Gasteiger partial charge in [-0.15, -0.1) is 0 Å². The second-order valence-corrected chi connectivity index (χ2v) is 3.79. The van der Waals surface area contributed by atoms with Gasteiger partial charge in [-0.05, 0) is 11.8 Å². The van der Waals surface area contributed by atoms with Crippen molar-refractivity contribution in [3.05, 3.63) is 0 Å². The van der Waals surface area contributed by atoms with Gasteiger partial charge in [0.1, 0.15) is 0 Å². The minimum absolute atomic E-state index is 0.109. The zero-order valence-electron chi connectivity index (χ0n) is 7.24. The molecule has 2 atom stereocenters. The van der Waals surface area contributed by atoms with E-state index in [0.717, 1.165) is 12.8 Å². The molecule has 66 valence electrons. The van der Waals surface area contributed by atoms with Gasteiger partial charge in [0.15, 0.2) is 0 Å². The number of hydrogen-bond donors (Lipinski definition) is 0. The normalized spacial score (nSPS) is 36.0. The van der Waals surface area contributed by atoms with Gasteiger partial charge in [-0.2, -0.15) is 0 Å². The number of rotatable bonds is 2. The number of halogens is 2. The average Bonchev–Trinajstić information content (AvgIpc) is 2.07. The topological polar surface area (TPSA) is 0 Å². The Labute approximate surface area is 67.0 Å². The first-order valence-electron chi connectivity index (χ1n) is 4.43. The van der Waals surface area contributed by atoms with Crippen molar-refractivity contribution in [2.45, 2.75) is 45.5 Å². The van der Waals surface area contributed by atoms with Crippen molar-refractivity contribution >= 4 is 0 Å². The highest BCUT2D eigenvalue weighted by Crippen LogP contribution is 2.44. The Morgan fingerprint density at radius 1 is 1.36 bits per heavy atom. The molecule has 0 radical (unpaired) electrons. The van der Waals surface area contributed by atoms with E-state index in [9.17, 15) is 8.78 Å². The van der Waals surface area contributed by atoms with Crippen molar-refractivity contribution in [3.63, 3.8) is 0 Å². The van der Waals surface area contributed by atoms with Crippen LogP contribution in [0, 0.1) is 11.8 Å². The Balaban J connectivity index is 2.45. The molecule has 0 aromatic carbocycles. The molecule has 1 aliphatic rings. The van der Waals surface area contributed by atoms with Gasteiger partial charge in [0.25, 0.3) is 0 Å². The lowest BCUT2D eigenvalue weighted by atomic mass is 9.94. The van der Waals surface area contributed by atoms with Crippen LogP contribution in [0.5, 0.6) is 0 Å². The average molecular weight is 162 g/mol. The van der Waals surface area contributed by atoms with Crippen LogP contribution in [0.25, 0.3) is 0 Å². The molecule has 1 aliphatic carbocycles. The minimum Gasteiger partial charge on any atom is -0.207 e. The van der Waals surface area contributed by atoms with E-state index in [4.69, 9.17) is 0 Å². The summed E-state index contributed by atoms with van der Waals surface area (Å²) in [5.74, 6) is -1.86. The Bertz CT molecular complexity index is 132. The summed E-state index contributed by atoms with van der Waals surface area (Å²) in [7, 11) is 0. The van der Waals surface area contributed by atoms with Crippen LogP contribution in [0.15, 0.2) is 0 Å². The smallest absolute Gasteiger partial charge is 0.207 e. The van der Waals surface area contributed by atoms with E-state index in [-0.39, 0.29) is 24.7 Å². The maximum atomic E-state index is 12.8. The molecule has 11 heavy (non-hydrogen) atoms. The molecule has 1 fully saturated rings. The summed E-state index contributed by atoms with van der Waals surface area (Å²) in [6, 6.07) is 0. The van der Waals surface area contributed by atoms with E-state index in [1.807, 2.05) is 6.92 Å². The van der Waals surface area contributed by atoms with Crippen LogP contribution >= 0.6 is 0 Å². The van der Waals surface area contributed by atoms with E-state index >= 15 is 0 Å². The molecule has 0 N–H and O–H groups in total. The molecule has 0 heterocycles. The number of alkyl halides is 2. The zero-order chi connectivity index (χ0) is 8.48. The van der Waals surface area contributed by atoms with Crippen LogP contribution in [0.3, 0.4) is 0 Å². The fourth-order valence-electron chi connectivity index (χ4n) is 2.06. The molecule has 0 bridgehead atoms. The fraction of sp³-hybridized carbons (Fsp3) is 1.00. The molecule has 0 amide bonds. The van der Waals surface area contributed by atoms with E-state index in [0.29, 0.717) is 0 Å². The van der Waals surface area contributed by atoms with Crippen molar-refractivity contribution in [1.82, 2.24) is 0 Å². The van der Waals surface area contributed by atoms with E-state index in [2.05, 4.69) is 6.92 Å². The maximum absolute atomic E-state index is 12.8. The van der Waals surface area contributed by atoms with E-state index in [1.165, 1.54) is 0 Å². The summed E-state index contributed by atoms with van der Waals surface area (Å²) < 4.78 is 25.5. The molecule has 0 nitrogen and oxygen atoms in total. The largest absolute Gasteiger partial charge is 0.248 e. The van der Waals surface area contributed by atoms with Crippen molar-refractivity contribution in [2.75, 3.05) is 0 Å². The van der Waals surface area contributed by atoms with Crippen LogP contribution in [-0.4, -0.2) is 5.92 Å². The molecular formula is C9H16F2. The summed E-state index contributed by atoms with van der Waals surface area (Å²) in [6.07, 6.45) is 2.24. The first kappa shape index (κ1) is 8.95. The number of hydrogen-bond acceptors (Lipinski definition) is 0. The summed E-state index contributed by atoms with van der Waals surface area (Å²) in [6.45, 7) is 4.00. The van der Waals surface area contributed by atoms with Gasteiger partial charge >= 0.3 is 0 Å². The summed E-state index contributed by atoms with van der Waals surface area (Å²) in [5.41, 5.74) is 0. The monoisotopic (exact) mass is 162 g/mol. The first-order chi connectivity index (χ1) is 5.05. The zero-order valence-corrected chi connectivity index (χ0v) is 7.24. The third kappa shape index (κ3) is 2.14. The molecule has 0 saturated heterocycles. The second-order valence-electron chi connectivity index (χ2n) is 3.79. The van der Waals surface area contributed by atoms with Crippen molar-refractivity contribution in [2.24, 2.45) is 11.8 Å². The van der Waals surface area contributed by atoms with Gasteiger partial charge < -0.3 is 0 Å². The molecule has 2 heteroatoms. The van der Waals surface area contributed by atoms with Gasteiger partial charge in [0.2, 0.25) is 5.92 Å². The van der Waals surface area contributed by atoms with Gasteiger partial charge in [-0.1, -0.05) is 26.7 Å². The minimum atomic E-state index is -2.36. The Morgan fingerprint density at radius 3 is 2.36 bits per heavy atom. The molecule has 0 aromatic heterocycles. The van der Waals surface area contributed by atoms with Crippen LogP contribution in [0.2, 0.25) is 0 Å². The molecule has 1 rings (SSSR count). The summed E-state index contributed by atoms with van der Waals surface area (Å²) in [4.78, 5) is 0. The van der Waals surface area contributed by atoms with Crippen molar-refractivity contribution < 1.29 is 8.78 Å². The first-order valence-corrected chi connectivity index (χ1v) is 4.43. The summed E-state index contributed by atoms with van der Waals surface area (Å²) in [5, 5.41) is 0. The van der Waals surface area contributed by atoms with Crippen molar-refractivity contribution in [3.8, 4) is 0 Å². The molecule has 0 aromatic rings. The maximum Gasteiger partial charge on any atom is 0.248 e. The lowest BCUT2D eigenvalue weighted by Gasteiger charge is -2.11. The Morgan fingerprint density at radius 2 is 2.00 bits per heavy atom. The highest BCUT2D eigenvalue weighted by Gasteiger charge is 2.43. The predicted octanol–water partition coefficient (Wildman–Crippen LogP) is 3.47. The fourth-order valence-corrected chi connectivity index (χ4v) is 2.06. The molecule has 1 saturated carbocycles. The van der Waals surface area contributed by atoms with Gasteiger partial charge in [-0.3, -0.25) is 0 Å². The van der Waals surface area contributed by atoms with E-state index in [1.54, 1.807) is 0 Å². The third-order valence-electron chi connectivity index (χ3n) is 2.65. The quantitative estimate of drug-likeness (QED) is 0.583. The molecule has 0 aliphatic heterocycles. The Kier molecular flexibility index (Phi) is 2.50. The highest BCUT2D eigenvalue weighted by atomic mass is 19.3. The summed E-state index contributed by atoms with van der Waals surface area (Å²) >= 11 is 0. The SMILES string of the molecule is CCCC1CC(F)(F)CC1C. The predicted molar refractivity (Wildman–Crippen MR) is 41.7 cm³/mol. The Hall–Kier alpha value is -0.140. The standard InChI is InChI=1S/C9H16F2/c1-3-4-8-6-9(10,11)5-7(8)2/h7-8H,3-6H2,1-2H3. The molecule has 0 spiro atoms. The second kappa shape index (κ2) is 3.08. The van der Waals surface area contributed by atoms with Crippen LogP contribution < -0.4 is 0 Å². The molecule has 2 unspecified atom stereocenters. The van der Waals surface area contributed by atoms with Gasteiger partial charge in [0.05, 0.1) is 0 Å².